The van der Waals surface area contributed by atoms with E-state index in [-0.39, 0.29) is 59.7 Å². The molecule has 2 N–H and O–H groups in total. The van der Waals surface area contributed by atoms with Crippen LogP contribution < -0.4 is 30.4 Å². The van der Waals surface area contributed by atoms with Crippen LogP contribution in [0, 0.1) is 0 Å². The molecule has 4 aromatic rings. The molecule has 0 radical (unpaired) electrons. The summed E-state index contributed by atoms with van der Waals surface area (Å²) in [5.74, 6) is -1.12. The van der Waals surface area contributed by atoms with Crippen LogP contribution in [0.4, 0.5) is 0 Å². The zero-order chi connectivity index (χ0) is 42.8. The Balaban J connectivity index is 0.911. The van der Waals surface area contributed by atoms with E-state index in [1.807, 2.05) is 31.1 Å². The highest BCUT2D eigenvalue weighted by Gasteiger charge is 2.46. The van der Waals surface area contributed by atoms with E-state index in [1.54, 1.807) is 50.6 Å². The Hall–Kier alpha value is -6.07. The van der Waals surface area contributed by atoms with Crippen LogP contribution >= 0.6 is 11.3 Å². The van der Waals surface area contributed by atoms with Crippen LogP contribution in [0.25, 0.3) is 21.2 Å². The van der Waals surface area contributed by atoms with E-state index in [0.29, 0.717) is 78.2 Å². The van der Waals surface area contributed by atoms with Gasteiger partial charge < -0.3 is 33.9 Å². The number of ether oxygens (including phenoxy) is 3. The topological polar surface area (TPSA) is 186 Å². The fourth-order valence-corrected chi connectivity index (χ4v) is 9.12. The molecule has 316 valence electrons. The number of hydrogen-bond donors (Lipinski definition) is 2. The van der Waals surface area contributed by atoms with Gasteiger partial charge in [-0.2, -0.15) is 0 Å². The van der Waals surface area contributed by atoms with Gasteiger partial charge in [-0.25, -0.2) is 0 Å². The molecule has 6 amide bonds. The maximum atomic E-state index is 13.6. The number of pyridine rings is 1. The third-order valence-electron chi connectivity index (χ3n) is 11.1. The van der Waals surface area contributed by atoms with Crippen LogP contribution in [0.3, 0.4) is 0 Å². The minimum Gasteiger partial charge on any atom is -0.496 e. The van der Waals surface area contributed by atoms with Crippen LogP contribution in [0.1, 0.15) is 80.9 Å². The Bertz CT molecular complexity index is 2420. The molecular weight excluding hydrogens is 793 g/mol. The van der Waals surface area contributed by atoms with Gasteiger partial charge in [0.25, 0.3) is 23.3 Å². The normalized spacial score (nSPS) is 17.0. The van der Waals surface area contributed by atoms with Crippen molar-refractivity contribution < 1.29 is 43.0 Å². The SMILES string of the molecule is COc1cc(-c2cn(C)c(=O)c3cc(C(=O)NC4CCN(C(=O)CCCCOc5cccc6c5C(=O)N(C5CCC(=O)NC5=O)C6=O)CC4)sc23)cc(OC)c1CN(C)C. The lowest BCUT2D eigenvalue weighted by Crippen LogP contribution is -2.54. The average Bonchev–Trinajstić information content (AvgIpc) is 3.79. The van der Waals surface area contributed by atoms with Crippen molar-refractivity contribution >= 4 is 56.9 Å². The monoisotopic (exact) mass is 840 g/mol. The second-order valence-electron chi connectivity index (χ2n) is 15.5. The smallest absolute Gasteiger partial charge is 0.266 e. The second kappa shape index (κ2) is 17.6. The molecule has 3 aliphatic rings. The van der Waals surface area contributed by atoms with Crippen molar-refractivity contribution in [1.82, 2.24) is 29.9 Å². The highest BCUT2D eigenvalue weighted by molar-refractivity contribution is 7.21. The van der Waals surface area contributed by atoms with Crippen molar-refractivity contribution in [2.45, 2.75) is 63.6 Å². The van der Waals surface area contributed by atoms with Gasteiger partial charge in [0, 0.05) is 62.0 Å². The van der Waals surface area contributed by atoms with Crippen LogP contribution in [0.5, 0.6) is 17.2 Å². The predicted octanol–water partition coefficient (Wildman–Crippen LogP) is 3.72. The summed E-state index contributed by atoms with van der Waals surface area (Å²) < 4.78 is 19.6. The van der Waals surface area contributed by atoms with Crippen LogP contribution in [-0.2, 0) is 28.0 Å². The number of unbranched alkanes of at least 4 members (excludes halogenated alkanes) is 1. The Labute approximate surface area is 350 Å². The molecule has 17 heteroatoms. The summed E-state index contributed by atoms with van der Waals surface area (Å²) in [7, 11) is 8.83. The third-order valence-corrected chi connectivity index (χ3v) is 12.3. The number of methoxy groups -OCH3 is 2. The van der Waals surface area contributed by atoms with E-state index in [2.05, 4.69) is 10.6 Å². The van der Waals surface area contributed by atoms with Gasteiger partial charge in [0.1, 0.15) is 23.3 Å². The van der Waals surface area contributed by atoms with E-state index in [0.717, 1.165) is 21.6 Å². The van der Waals surface area contributed by atoms with Crippen molar-refractivity contribution in [3.05, 3.63) is 74.5 Å². The zero-order valence-electron chi connectivity index (χ0n) is 34.3. The summed E-state index contributed by atoms with van der Waals surface area (Å²) in [6, 6.07) is 8.99. The Kier molecular flexibility index (Phi) is 12.4. The Morgan fingerprint density at radius 2 is 1.63 bits per heavy atom. The number of amides is 6. The predicted molar refractivity (Wildman–Crippen MR) is 223 cm³/mol. The molecule has 0 saturated carbocycles. The summed E-state index contributed by atoms with van der Waals surface area (Å²) in [6.45, 7) is 1.78. The molecule has 16 nitrogen and oxygen atoms in total. The summed E-state index contributed by atoms with van der Waals surface area (Å²) in [4.78, 5) is 95.6. The molecule has 2 fully saturated rings. The number of hydrogen-bond acceptors (Lipinski definition) is 12. The number of aromatic nitrogens is 1. The molecule has 2 aromatic heterocycles. The lowest BCUT2D eigenvalue weighted by molar-refractivity contribution is -0.136. The molecule has 3 aliphatic heterocycles. The van der Waals surface area contributed by atoms with Crippen molar-refractivity contribution in [3.63, 3.8) is 0 Å². The largest absolute Gasteiger partial charge is 0.496 e. The summed E-state index contributed by atoms with van der Waals surface area (Å²) in [5, 5.41) is 5.75. The molecular formula is C43H48N6O10S. The zero-order valence-corrected chi connectivity index (χ0v) is 35.1. The first kappa shape index (κ1) is 42.1. The molecule has 7 rings (SSSR count). The molecule has 1 unspecified atom stereocenters. The van der Waals surface area contributed by atoms with Crippen molar-refractivity contribution in [2.24, 2.45) is 7.05 Å². The molecule has 0 aliphatic carbocycles. The van der Waals surface area contributed by atoms with Crippen LogP contribution in [-0.4, -0.2) is 115 Å². The van der Waals surface area contributed by atoms with Crippen molar-refractivity contribution in [1.29, 1.82) is 0 Å². The first-order chi connectivity index (χ1) is 28.8. The number of fused-ring (bicyclic) bond motifs is 2. The van der Waals surface area contributed by atoms with Gasteiger partial charge in [0.15, 0.2) is 0 Å². The first-order valence-corrected chi connectivity index (χ1v) is 20.7. The Morgan fingerprint density at radius 3 is 2.30 bits per heavy atom. The van der Waals surface area contributed by atoms with Gasteiger partial charge in [-0.15, -0.1) is 11.3 Å². The van der Waals surface area contributed by atoms with Gasteiger partial charge in [-0.3, -0.25) is 43.8 Å². The fraction of sp³-hybridized carbons (Fsp3) is 0.419. The maximum Gasteiger partial charge on any atom is 0.266 e. The number of piperidine rings is 2. The van der Waals surface area contributed by atoms with E-state index in [1.165, 1.54) is 22.0 Å². The average molecular weight is 841 g/mol. The minimum absolute atomic E-state index is 0.00285. The number of thiophene rings is 1. The summed E-state index contributed by atoms with van der Waals surface area (Å²) in [5.41, 5.74) is 2.48. The van der Waals surface area contributed by atoms with E-state index in [9.17, 15) is 33.6 Å². The van der Waals surface area contributed by atoms with Crippen molar-refractivity contribution in [2.75, 3.05) is 48.0 Å². The molecule has 5 heterocycles. The molecule has 0 bridgehead atoms. The van der Waals surface area contributed by atoms with Gasteiger partial charge in [0.05, 0.1) is 47.8 Å². The number of benzene rings is 2. The quantitative estimate of drug-likeness (QED) is 0.139. The molecule has 60 heavy (non-hydrogen) atoms. The standard InChI is InChI=1S/C43H48N6O10S/c1-46(2)22-29-32(57-4)19-24(20-33(29)58-5)28-23-47(3)41(54)27-21-34(60-38(27)28)40(53)44-25-14-16-48(17-15-25)36(51)11-6-7-18-59-31-10-8-9-26-37(31)43(56)49(42(26)55)30-12-13-35(50)45-39(30)52/h8-10,19-21,23,25,30H,6-7,11-18,22H2,1-5H3,(H,44,53)(H,45,50,52). The number of likely N-dealkylation sites (tertiary alicyclic amines) is 1. The van der Waals surface area contributed by atoms with Crippen molar-refractivity contribution in [3.8, 4) is 28.4 Å². The number of nitrogens with zero attached hydrogens (tertiary/aromatic N) is 4. The maximum absolute atomic E-state index is 13.6. The number of aryl methyl sites for hydroxylation is 1. The first-order valence-electron chi connectivity index (χ1n) is 19.9. The highest BCUT2D eigenvalue weighted by Crippen LogP contribution is 2.40. The van der Waals surface area contributed by atoms with Crippen LogP contribution in [0.15, 0.2) is 47.4 Å². The number of imide groups is 2. The minimum atomic E-state index is -1.07. The third kappa shape index (κ3) is 8.36. The van der Waals surface area contributed by atoms with E-state index >= 15 is 0 Å². The molecule has 1 atom stereocenters. The van der Waals surface area contributed by atoms with Gasteiger partial charge in [0.2, 0.25) is 17.7 Å². The molecule has 0 spiro atoms. The lowest BCUT2D eigenvalue weighted by atomic mass is 10.0. The summed E-state index contributed by atoms with van der Waals surface area (Å²) in [6.07, 6.45) is 4.37. The number of carbonyl (C=O) groups excluding carboxylic acids is 6. The van der Waals surface area contributed by atoms with Crippen LogP contribution in [0.2, 0.25) is 0 Å². The number of nitrogens with one attached hydrogen (secondary N) is 2. The molecule has 2 aromatic carbocycles. The van der Waals surface area contributed by atoms with E-state index in [4.69, 9.17) is 14.2 Å². The number of carbonyl (C=O) groups is 6. The Morgan fingerprint density at radius 1 is 0.917 bits per heavy atom. The fourth-order valence-electron chi connectivity index (χ4n) is 8.03. The molecule has 2 saturated heterocycles. The second-order valence-corrected chi connectivity index (χ2v) is 16.5. The van der Waals surface area contributed by atoms with Gasteiger partial charge >= 0.3 is 0 Å². The van der Waals surface area contributed by atoms with Gasteiger partial charge in [-0.05, 0) is 82.1 Å². The highest BCUT2D eigenvalue weighted by atomic mass is 32.1. The summed E-state index contributed by atoms with van der Waals surface area (Å²) >= 11 is 1.26. The van der Waals surface area contributed by atoms with E-state index < -0.39 is 29.7 Å². The number of rotatable bonds is 14. The lowest BCUT2D eigenvalue weighted by Gasteiger charge is -2.32. The van der Waals surface area contributed by atoms with Gasteiger partial charge in [-0.1, -0.05) is 6.07 Å².